The van der Waals surface area contributed by atoms with Gasteiger partial charge in [-0.1, -0.05) is 13.8 Å². The van der Waals surface area contributed by atoms with Crippen LogP contribution in [0.2, 0.25) is 0 Å². The van der Waals surface area contributed by atoms with E-state index in [0.717, 1.165) is 26.1 Å². The molecule has 0 aromatic heterocycles. The highest BCUT2D eigenvalue weighted by Crippen LogP contribution is 2.16. The Balaban J connectivity index is 2.17. The minimum absolute atomic E-state index is 0.118. The molecular weight excluding hydrogens is 218 g/mol. The van der Waals surface area contributed by atoms with Crippen LogP contribution in [0, 0.1) is 17.8 Å². The van der Waals surface area contributed by atoms with Crippen LogP contribution in [0.15, 0.2) is 0 Å². The predicted octanol–water partition coefficient (Wildman–Crippen LogP) is 1.58. The van der Waals surface area contributed by atoms with Gasteiger partial charge in [-0.3, -0.25) is 4.79 Å². The Labute approximate surface area is 104 Å². The Hall–Kier alpha value is -0.610. The topological polar surface area (TPSA) is 61.6 Å². The van der Waals surface area contributed by atoms with Crippen LogP contribution in [-0.2, 0) is 14.3 Å². The van der Waals surface area contributed by atoms with E-state index in [9.17, 15) is 4.79 Å². The van der Waals surface area contributed by atoms with Crippen molar-refractivity contribution in [2.24, 2.45) is 23.5 Å². The van der Waals surface area contributed by atoms with Gasteiger partial charge in [-0.2, -0.15) is 0 Å². The van der Waals surface area contributed by atoms with Crippen molar-refractivity contribution in [3.63, 3.8) is 0 Å². The second kappa shape index (κ2) is 7.67. The summed E-state index contributed by atoms with van der Waals surface area (Å²) in [5.41, 5.74) is 5.66. The van der Waals surface area contributed by atoms with Crippen molar-refractivity contribution in [2.45, 2.75) is 33.1 Å². The van der Waals surface area contributed by atoms with E-state index in [1.54, 1.807) is 0 Å². The molecule has 0 radical (unpaired) electrons. The Morgan fingerprint density at radius 2 is 2.29 bits per heavy atom. The third-order valence-corrected chi connectivity index (χ3v) is 3.10. The minimum Gasteiger partial charge on any atom is -0.465 e. The number of nitrogens with two attached hydrogens (primary N) is 1. The Morgan fingerprint density at radius 3 is 2.82 bits per heavy atom. The van der Waals surface area contributed by atoms with E-state index in [1.165, 1.54) is 0 Å². The summed E-state index contributed by atoms with van der Waals surface area (Å²) in [6, 6.07) is 0. The van der Waals surface area contributed by atoms with Gasteiger partial charge in [-0.25, -0.2) is 0 Å². The monoisotopic (exact) mass is 243 g/mol. The minimum atomic E-state index is -0.118. The first-order valence-electron chi connectivity index (χ1n) is 6.55. The van der Waals surface area contributed by atoms with E-state index >= 15 is 0 Å². The molecule has 17 heavy (non-hydrogen) atoms. The molecule has 2 N–H and O–H groups in total. The first-order valence-corrected chi connectivity index (χ1v) is 6.55. The van der Waals surface area contributed by atoms with Gasteiger partial charge in [0.1, 0.15) is 0 Å². The quantitative estimate of drug-likeness (QED) is 0.690. The number of esters is 1. The largest absolute Gasteiger partial charge is 0.465 e. The van der Waals surface area contributed by atoms with Gasteiger partial charge in [0.2, 0.25) is 0 Å². The van der Waals surface area contributed by atoms with E-state index in [1.807, 2.05) is 0 Å². The molecule has 0 spiro atoms. The average Bonchev–Trinajstić information content (AvgIpc) is 2.77. The molecule has 1 heterocycles. The summed E-state index contributed by atoms with van der Waals surface area (Å²) in [4.78, 5) is 11.6. The van der Waals surface area contributed by atoms with Crippen molar-refractivity contribution < 1.29 is 14.3 Å². The molecule has 0 aromatic carbocycles. The smallest absolute Gasteiger partial charge is 0.306 e. The van der Waals surface area contributed by atoms with Crippen molar-refractivity contribution in [1.82, 2.24) is 0 Å². The van der Waals surface area contributed by atoms with Crippen LogP contribution in [0.25, 0.3) is 0 Å². The number of hydrogen-bond acceptors (Lipinski definition) is 4. The molecule has 1 rings (SSSR count). The van der Waals surface area contributed by atoms with E-state index in [2.05, 4.69) is 13.8 Å². The van der Waals surface area contributed by atoms with E-state index in [4.69, 9.17) is 15.2 Å². The highest BCUT2D eigenvalue weighted by atomic mass is 16.5. The van der Waals surface area contributed by atoms with E-state index in [-0.39, 0.29) is 11.9 Å². The Bertz CT molecular complexity index is 225. The lowest BCUT2D eigenvalue weighted by Gasteiger charge is -2.16. The molecule has 2 atom stereocenters. The molecule has 0 amide bonds. The molecule has 0 bridgehead atoms. The molecule has 1 aliphatic rings. The SMILES string of the molecule is CC(C)CC(CN)CC(=O)OCC1CCOC1. The fraction of sp³-hybridized carbons (Fsp3) is 0.923. The van der Waals surface area contributed by atoms with Gasteiger partial charge < -0.3 is 15.2 Å². The van der Waals surface area contributed by atoms with Crippen molar-refractivity contribution in [1.29, 1.82) is 0 Å². The van der Waals surface area contributed by atoms with Gasteiger partial charge in [0.15, 0.2) is 0 Å². The molecule has 1 aliphatic heterocycles. The number of hydrogen-bond donors (Lipinski definition) is 1. The Kier molecular flexibility index (Phi) is 6.52. The number of rotatable bonds is 7. The molecule has 4 heteroatoms. The predicted molar refractivity (Wildman–Crippen MR) is 66.5 cm³/mol. The van der Waals surface area contributed by atoms with Crippen LogP contribution in [0.1, 0.15) is 33.1 Å². The van der Waals surface area contributed by atoms with Crippen LogP contribution in [0.4, 0.5) is 0 Å². The maximum absolute atomic E-state index is 11.6. The summed E-state index contributed by atoms with van der Waals surface area (Å²) in [6.07, 6.45) is 2.43. The van der Waals surface area contributed by atoms with E-state index < -0.39 is 0 Å². The normalized spacial score (nSPS) is 21.8. The van der Waals surface area contributed by atoms with Gasteiger partial charge in [-0.05, 0) is 31.2 Å². The maximum Gasteiger partial charge on any atom is 0.306 e. The summed E-state index contributed by atoms with van der Waals surface area (Å²) < 4.78 is 10.5. The van der Waals surface area contributed by atoms with Crippen molar-refractivity contribution in [2.75, 3.05) is 26.4 Å². The van der Waals surface area contributed by atoms with Gasteiger partial charge in [0.25, 0.3) is 0 Å². The number of ether oxygens (including phenoxy) is 2. The summed E-state index contributed by atoms with van der Waals surface area (Å²) in [5, 5.41) is 0. The first kappa shape index (κ1) is 14.5. The van der Waals surface area contributed by atoms with Crippen molar-refractivity contribution in [3.8, 4) is 0 Å². The maximum atomic E-state index is 11.6. The van der Waals surface area contributed by atoms with E-state index in [0.29, 0.717) is 31.4 Å². The zero-order valence-corrected chi connectivity index (χ0v) is 11.0. The molecule has 1 saturated heterocycles. The molecule has 4 nitrogen and oxygen atoms in total. The molecule has 100 valence electrons. The van der Waals surface area contributed by atoms with Crippen LogP contribution in [0.5, 0.6) is 0 Å². The molecule has 1 fully saturated rings. The first-order chi connectivity index (χ1) is 8.11. The standard InChI is InChI=1S/C13H25NO3/c1-10(2)5-12(7-14)6-13(15)17-9-11-3-4-16-8-11/h10-12H,3-9,14H2,1-2H3. The van der Waals surface area contributed by atoms with Gasteiger partial charge in [0.05, 0.1) is 13.2 Å². The zero-order valence-electron chi connectivity index (χ0n) is 11.0. The van der Waals surface area contributed by atoms with Crippen LogP contribution in [0.3, 0.4) is 0 Å². The van der Waals surface area contributed by atoms with Crippen LogP contribution in [-0.4, -0.2) is 32.3 Å². The highest BCUT2D eigenvalue weighted by Gasteiger charge is 2.19. The number of carbonyl (C=O) groups is 1. The van der Waals surface area contributed by atoms with Gasteiger partial charge in [-0.15, -0.1) is 0 Å². The lowest BCUT2D eigenvalue weighted by molar-refractivity contribution is -0.146. The molecule has 0 aromatic rings. The molecule has 0 saturated carbocycles. The summed E-state index contributed by atoms with van der Waals surface area (Å²) in [5.74, 6) is 1.09. The average molecular weight is 243 g/mol. The summed E-state index contributed by atoms with van der Waals surface area (Å²) in [7, 11) is 0. The lowest BCUT2D eigenvalue weighted by Crippen LogP contribution is -2.22. The summed E-state index contributed by atoms with van der Waals surface area (Å²) in [6.45, 7) is 6.85. The Morgan fingerprint density at radius 1 is 1.53 bits per heavy atom. The second-order valence-corrected chi connectivity index (χ2v) is 5.35. The number of carbonyl (C=O) groups excluding carboxylic acids is 1. The zero-order chi connectivity index (χ0) is 12.7. The molecule has 0 aliphatic carbocycles. The molecular formula is C13H25NO3. The lowest BCUT2D eigenvalue weighted by atomic mass is 9.94. The van der Waals surface area contributed by atoms with Crippen molar-refractivity contribution >= 4 is 5.97 Å². The third-order valence-electron chi connectivity index (χ3n) is 3.10. The second-order valence-electron chi connectivity index (χ2n) is 5.35. The van der Waals surface area contributed by atoms with Crippen molar-refractivity contribution in [3.05, 3.63) is 0 Å². The fourth-order valence-corrected chi connectivity index (χ4v) is 2.15. The fourth-order valence-electron chi connectivity index (χ4n) is 2.15. The van der Waals surface area contributed by atoms with Gasteiger partial charge >= 0.3 is 5.97 Å². The van der Waals surface area contributed by atoms with Gasteiger partial charge in [0, 0.05) is 18.9 Å². The molecule has 2 unspecified atom stereocenters. The third kappa shape index (κ3) is 6.03. The summed E-state index contributed by atoms with van der Waals surface area (Å²) >= 11 is 0. The highest BCUT2D eigenvalue weighted by molar-refractivity contribution is 5.69. The van der Waals surface area contributed by atoms with Crippen LogP contribution < -0.4 is 5.73 Å². The van der Waals surface area contributed by atoms with Crippen LogP contribution >= 0.6 is 0 Å².